The average molecular weight is 452 g/mol. The molecule has 0 saturated carbocycles. The van der Waals surface area contributed by atoms with Crippen LogP contribution in [-0.2, 0) is 13.2 Å². The van der Waals surface area contributed by atoms with E-state index < -0.39 is 5.91 Å². The van der Waals surface area contributed by atoms with E-state index in [0.717, 1.165) is 11.1 Å². The molecule has 0 radical (unpaired) electrons. The van der Waals surface area contributed by atoms with Gasteiger partial charge in [0.2, 0.25) is 11.5 Å². The highest BCUT2D eigenvalue weighted by molar-refractivity contribution is 5.95. The van der Waals surface area contributed by atoms with Gasteiger partial charge in [0.25, 0.3) is 5.91 Å². The standard InChI is InChI=1S/C20H22FN5O4.ClH/c1-28-17-10-14(4-7-16(17)29-12-13-2-5-15(21)6-3-13)11-23-8-9-24-20(27)18-19(22)26-30-25-18;/h2-7,10,23H,8-9,11-12H2,1H3,(H2,22,26)(H,24,27);1H. The Balaban J connectivity index is 0.00000341. The predicted molar refractivity (Wildman–Crippen MR) is 114 cm³/mol. The van der Waals surface area contributed by atoms with Gasteiger partial charge in [0, 0.05) is 19.6 Å². The van der Waals surface area contributed by atoms with Crippen LogP contribution in [0.2, 0.25) is 0 Å². The Labute approximate surface area is 184 Å². The molecule has 0 atom stereocenters. The molecule has 0 bridgehead atoms. The van der Waals surface area contributed by atoms with E-state index in [1.807, 2.05) is 18.2 Å². The smallest absolute Gasteiger partial charge is 0.277 e. The summed E-state index contributed by atoms with van der Waals surface area (Å²) in [5.41, 5.74) is 7.27. The molecule has 0 fully saturated rings. The van der Waals surface area contributed by atoms with E-state index >= 15 is 0 Å². The van der Waals surface area contributed by atoms with Crippen LogP contribution in [0.5, 0.6) is 11.5 Å². The quantitative estimate of drug-likeness (QED) is 0.401. The summed E-state index contributed by atoms with van der Waals surface area (Å²) in [6.07, 6.45) is 0. The minimum atomic E-state index is -0.445. The molecule has 0 saturated heterocycles. The second kappa shape index (κ2) is 11.7. The number of aromatic nitrogens is 2. The molecule has 3 rings (SSSR count). The fourth-order valence-corrected chi connectivity index (χ4v) is 2.62. The monoisotopic (exact) mass is 451 g/mol. The van der Waals surface area contributed by atoms with Crippen molar-refractivity contribution in [3.63, 3.8) is 0 Å². The maximum absolute atomic E-state index is 13.0. The van der Waals surface area contributed by atoms with Crippen molar-refractivity contribution in [3.05, 3.63) is 65.1 Å². The zero-order valence-corrected chi connectivity index (χ0v) is 17.6. The van der Waals surface area contributed by atoms with Crippen LogP contribution in [-0.4, -0.2) is 36.4 Å². The SMILES string of the molecule is COc1cc(CNCCNC(=O)c2nonc2N)ccc1OCc1ccc(F)cc1.Cl. The van der Waals surface area contributed by atoms with Crippen molar-refractivity contribution in [3.8, 4) is 11.5 Å². The lowest BCUT2D eigenvalue weighted by atomic mass is 10.2. The Kier molecular flexibility index (Phi) is 9.04. The number of nitrogen functional groups attached to an aromatic ring is 1. The highest BCUT2D eigenvalue weighted by Gasteiger charge is 2.14. The molecule has 11 heteroatoms. The summed E-state index contributed by atoms with van der Waals surface area (Å²) < 4.78 is 28.6. The Morgan fingerprint density at radius 1 is 1.10 bits per heavy atom. The van der Waals surface area contributed by atoms with E-state index in [9.17, 15) is 9.18 Å². The first-order chi connectivity index (χ1) is 14.6. The first kappa shape index (κ1) is 23.9. The van der Waals surface area contributed by atoms with Crippen LogP contribution in [0, 0.1) is 5.82 Å². The number of hydrogen-bond donors (Lipinski definition) is 3. The van der Waals surface area contributed by atoms with Gasteiger partial charge in [-0.1, -0.05) is 18.2 Å². The topological polar surface area (TPSA) is 125 Å². The second-order valence-electron chi connectivity index (χ2n) is 6.33. The third kappa shape index (κ3) is 6.83. The lowest BCUT2D eigenvalue weighted by Gasteiger charge is -2.13. The molecule has 0 spiro atoms. The maximum atomic E-state index is 13.0. The largest absolute Gasteiger partial charge is 0.493 e. The van der Waals surface area contributed by atoms with Crippen molar-refractivity contribution in [2.45, 2.75) is 13.2 Å². The number of nitrogens with zero attached hydrogens (tertiary/aromatic N) is 2. The van der Waals surface area contributed by atoms with Gasteiger partial charge < -0.3 is 25.8 Å². The van der Waals surface area contributed by atoms with Crippen LogP contribution in [0.25, 0.3) is 0 Å². The van der Waals surface area contributed by atoms with Gasteiger partial charge in [-0.25, -0.2) is 9.02 Å². The van der Waals surface area contributed by atoms with Crippen LogP contribution in [0.3, 0.4) is 0 Å². The number of benzene rings is 2. The number of anilines is 1. The molecule has 0 unspecified atom stereocenters. The first-order valence-corrected chi connectivity index (χ1v) is 9.18. The van der Waals surface area contributed by atoms with Gasteiger partial charge in [-0.3, -0.25) is 4.79 Å². The lowest BCUT2D eigenvalue weighted by Crippen LogP contribution is -2.32. The Morgan fingerprint density at radius 3 is 2.52 bits per heavy atom. The molecule has 4 N–H and O–H groups in total. The Hall–Kier alpha value is -3.37. The van der Waals surface area contributed by atoms with E-state index in [2.05, 4.69) is 25.6 Å². The fraction of sp³-hybridized carbons (Fsp3) is 0.250. The zero-order valence-electron chi connectivity index (χ0n) is 16.8. The van der Waals surface area contributed by atoms with Gasteiger partial charge in [0.05, 0.1) is 7.11 Å². The fourth-order valence-electron chi connectivity index (χ4n) is 2.62. The third-order valence-electron chi connectivity index (χ3n) is 4.18. The highest BCUT2D eigenvalue weighted by Crippen LogP contribution is 2.28. The van der Waals surface area contributed by atoms with Crippen molar-refractivity contribution >= 4 is 24.1 Å². The zero-order chi connectivity index (χ0) is 21.3. The molecule has 9 nitrogen and oxygen atoms in total. The number of carbonyl (C=O) groups excluding carboxylic acids is 1. The van der Waals surface area contributed by atoms with E-state index in [0.29, 0.717) is 37.7 Å². The first-order valence-electron chi connectivity index (χ1n) is 9.18. The van der Waals surface area contributed by atoms with Crippen LogP contribution >= 0.6 is 12.4 Å². The van der Waals surface area contributed by atoms with Crippen LogP contribution in [0.4, 0.5) is 10.2 Å². The number of amides is 1. The Bertz CT molecular complexity index is 984. The molecule has 0 aliphatic carbocycles. The molecule has 2 aromatic carbocycles. The molecule has 166 valence electrons. The minimum Gasteiger partial charge on any atom is -0.493 e. The van der Waals surface area contributed by atoms with E-state index in [1.165, 1.54) is 12.1 Å². The molecule has 1 heterocycles. The number of ether oxygens (including phenoxy) is 2. The molecule has 3 aromatic rings. The summed E-state index contributed by atoms with van der Waals surface area (Å²) in [6, 6.07) is 11.7. The predicted octanol–water partition coefficient (Wildman–Crippen LogP) is 2.32. The van der Waals surface area contributed by atoms with Crippen molar-refractivity contribution in [1.82, 2.24) is 20.9 Å². The number of methoxy groups -OCH3 is 1. The summed E-state index contributed by atoms with van der Waals surface area (Å²) >= 11 is 0. The molecular formula is C20H23ClFN5O4. The molecule has 31 heavy (non-hydrogen) atoms. The summed E-state index contributed by atoms with van der Waals surface area (Å²) in [6.45, 7) is 1.78. The summed E-state index contributed by atoms with van der Waals surface area (Å²) in [4.78, 5) is 11.8. The summed E-state index contributed by atoms with van der Waals surface area (Å²) in [5.74, 6) is 0.413. The number of hydrogen-bond acceptors (Lipinski definition) is 8. The number of nitrogens with two attached hydrogens (primary N) is 1. The van der Waals surface area contributed by atoms with Crippen molar-refractivity contribution in [1.29, 1.82) is 0 Å². The molecule has 1 aromatic heterocycles. The molecular weight excluding hydrogens is 429 g/mol. The van der Waals surface area contributed by atoms with Gasteiger partial charge in [-0.05, 0) is 45.7 Å². The molecule has 0 aliphatic rings. The average Bonchev–Trinajstić information content (AvgIpc) is 3.19. The van der Waals surface area contributed by atoms with Crippen LogP contribution < -0.4 is 25.8 Å². The van der Waals surface area contributed by atoms with Gasteiger partial charge in [-0.15, -0.1) is 12.4 Å². The number of halogens is 2. The van der Waals surface area contributed by atoms with Crippen molar-refractivity contribution in [2.24, 2.45) is 0 Å². The van der Waals surface area contributed by atoms with Gasteiger partial charge in [-0.2, -0.15) is 0 Å². The maximum Gasteiger partial charge on any atom is 0.277 e. The molecule has 1 amide bonds. The summed E-state index contributed by atoms with van der Waals surface area (Å²) in [7, 11) is 1.57. The van der Waals surface area contributed by atoms with Gasteiger partial charge >= 0.3 is 0 Å². The lowest BCUT2D eigenvalue weighted by molar-refractivity contribution is 0.0944. The van der Waals surface area contributed by atoms with Gasteiger partial charge in [0.1, 0.15) is 12.4 Å². The number of carbonyl (C=O) groups is 1. The molecule has 0 aliphatic heterocycles. The normalized spacial score (nSPS) is 10.3. The van der Waals surface area contributed by atoms with E-state index in [4.69, 9.17) is 15.2 Å². The number of rotatable bonds is 10. The van der Waals surface area contributed by atoms with E-state index in [-0.39, 0.29) is 29.7 Å². The number of nitrogens with one attached hydrogen (secondary N) is 2. The Morgan fingerprint density at radius 2 is 1.84 bits per heavy atom. The summed E-state index contributed by atoms with van der Waals surface area (Å²) in [5, 5.41) is 12.7. The highest BCUT2D eigenvalue weighted by atomic mass is 35.5. The minimum absolute atomic E-state index is 0. The van der Waals surface area contributed by atoms with Crippen LogP contribution in [0.1, 0.15) is 21.6 Å². The van der Waals surface area contributed by atoms with E-state index in [1.54, 1.807) is 19.2 Å². The van der Waals surface area contributed by atoms with Crippen molar-refractivity contribution < 1.29 is 23.3 Å². The van der Waals surface area contributed by atoms with Crippen molar-refractivity contribution in [2.75, 3.05) is 25.9 Å². The third-order valence-corrected chi connectivity index (χ3v) is 4.18. The van der Waals surface area contributed by atoms with Gasteiger partial charge in [0.15, 0.2) is 11.5 Å². The second-order valence-corrected chi connectivity index (χ2v) is 6.33. The van der Waals surface area contributed by atoms with Crippen LogP contribution in [0.15, 0.2) is 47.1 Å².